The minimum absolute atomic E-state index is 0. The largest absolute Gasteiger partial charge is 0.339 e. The first-order chi connectivity index (χ1) is 12.1. The summed E-state index contributed by atoms with van der Waals surface area (Å²) in [6.07, 6.45) is 5.08. The van der Waals surface area contributed by atoms with Gasteiger partial charge in [-0.3, -0.25) is 9.59 Å². The van der Waals surface area contributed by atoms with Crippen LogP contribution in [-0.2, 0) is 16.0 Å². The lowest BCUT2D eigenvalue weighted by Gasteiger charge is -2.36. The molecule has 0 radical (unpaired) electrons. The number of carbonyl (C=O) groups excluding carboxylic acids is 2. The number of rotatable bonds is 5. The first kappa shape index (κ1) is 20.7. The average Bonchev–Trinajstić information content (AvgIpc) is 3.08. The van der Waals surface area contributed by atoms with E-state index in [2.05, 4.69) is 12.1 Å². The summed E-state index contributed by atoms with van der Waals surface area (Å²) in [6, 6.07) is 10.5. The van der Waals surface area contributed by atoms with Crippen LogP contribution in [0.4, 0.5) is 0 Å². The standard InChI is InChI=1S/C20H29N3O2.ClH/c21-18-10-9-17(15-18)20(25)23-13-11-22(12-14-23)19(24)8-4-7-16-5-2-1-3-6-16;/h1-3,5-6,17-18H,4,7-15,21H2;1H. The number of benzene rings is 1. The number of carbonyl (C=O) groups is 2. The lowest BCUT2D eigenvalue weighted by Crippen LogP contribution is -2.51. The predicted octanol–water partition coefficient (Wildman–Crippen LogP) is 2.23. The average molecular weight is 380 g/mol. The van der Waals surface area contributed by atoms with Gasteiger partial charge in [0.1, 0.15) is 0 Å². The Hall–Kier alpha value is -1.59. The maximum Gasteiger partial charge on any atom is 0.225 e. The van der Waals surface area contributed by atoms with Crippen LogP contribution in [0.25, 0.3) is 0 Å². The van der Waals surface area contributed by atoms with E-state index in [-0.39, 0.29) is 36.2 Å². The number of amides is 2. The fourth-order valence-corrected chi connectivity index (χ4v) is 3.92. The lowest BCUT2D eigenvalue weighted by molar-refractivity contribution is -0.142. The summed E-state index contributed by atoms with van der Waals surface area (Å²) in [5.74, 6) is 0.554. The topological polar surface area (TPSA) is 66.6 Å². The number of piperazine rings is 1. The quantitative estimate of drug-likeness (QED) is 0.853. The molecular weight excluding hydrogens is 350 g/mol. The van der Waals surface area contributed by atoms with Crippen molar-refractivity contribution in [3.63, 3.8) is 0 Å². The smallest absolute Gasteiger partial charge is 0.225 e. The Kier molecular flexibility index (Phi) is 7.91. The number of hydrogen-bond donors (Lipinski definition) is 1. The van der Waals surface area contributed by atoms with Crippen molar-refractivity contribution in [2.45, 2.75) is 44.6 Å². The normalized spacial score (nSPS) is 22.8. The monoisotopic (exact) mass is 379 g/mol. The van der Waals surface area contributed by atoms with Crippen LogP contribution in [0.1, 0.15) is 37.7 Å². The van der Waals surface area contributed by atoms with E-state index >= 15 is 0 Å². The molecule has 2 fully saturated rings. The highest BCUT2D eigenvalue weighted by atomic mass is 35.5. The predicted molar refractivity (Wildman–Crippen MR) is 105 cm³/mol. The molecule has 6 heteroatoms. The van der Waals surface area contributed by atoms with Gasteiger partial charge in [0.25, 0.3) is 0 Å². The van der Waals surface area contributed by atoms with Crippen LogP contribution < -0.4 is 5.73 Å². The summed E-state index contributed by atoms with van der Waals surface area (Å²) in [7, 11) is 0. The van der Waals surface area contributed by atoms with Crippen molar-refractivity contribution in [2.75, 3.05) is 26.2 Å². The van der Waals surface area contributed by atoms with Crippen molar-refractivity contribution in [1.29, 1.82) is 0 Å². The molecule has 1 saturated carbocycles. The van der Waals surface area contributed by atoms with E-state index in [1.807, 2.05) is 28.0 Å². The SMILES string of the molecule is Cl.NC1CCC(C(=O)N2CCN(C(=O)CCCc3ccccc3)CC2)C1. The summed E-state index contributed by atoms with van der Waals surface area (Å²) in [4.78, 5) is 28.7. The Morgan fingerprint density at radius 1 is 1.00 bits per heavy atom. The molecule has 2 amide bonds. The number of nitrogens with two attached hydrogens (primary N) is 1. The third-order valence-corrected chi connectivity index (χ3v) is 5.47. The van der Waals surface area contributed by atoms with Crippen LogP contribution >= 0.6 is 12.4 Å². The highest BCUT2D eigenvalue weighted by Crippen LogP contribution is 2.26. The third-order valence-electron chi connectivity index (χ3n) is 5.47. The van der Waals surface area contributed by atoms with E-state index in [4.69, 9.17) is 5.73 Å². The second-order valence-electron chi connectivity index (χ2n) is 7.32. The third kappa shape index (κ3) is 5.45. The second kappa shape index (κ2) is 9.93. The maximum atomic E-state index is 12.5. The van der Waals surface area contributed by atoms with Crippen LogP contribution in [0.3, 0.4) is 0 Å². The molecule has 144 valence electrons. The van der Waals surface area contributed by atoms with Gasteiger partial charge >= 0.3 is 0 Å². The molecule has 2 unspecified atom stereocenters. The zero-order valence-electron chi connectivity index (χ0n) is 15.3. The van der Waals surface area contributed by atoms with Gasteiger partial charge in [-0.2, -0.15) is 0 Å². The van der Waals surface area contributed by atoms with E-state index in [1.165, 1.54) is 5.56 Å². The van der Waals surface area contributed by atoms with E-state index in [0.29, 0.717) is 32.6 Å². The molecule has 0 bridgehead atoms. The molecule has 3 rings (SSSR count). The summed E-state index contributed by atoms with van der Waals surface area (Å²) < 4.78 is 0. The van der Waals surface area contributed by atoms with E-state index < -0.39 is 0 Å². The Bertz CT molecular complexity index is 588. The molecule has 0 aromatic heterocycles. The van der Waals surface area contributed by atoms with Crippen molar-refractivity contribution < 1.29 is 9.59 Å². The van der Waals surface area contributed by atoms with Crippen LogP contribution in [0.15, 0.2) is 30.3 Å². The van der Waals surface area contributed by atoms with Gasteiger partial charge in [-0.15, -0.1) is 12.4 Å². The van der Waals surface area contributed by atoms with E-state index in [9.17, 15) is 9.59 Å². The number of hydrogen-bond acceptors (Lipinski definition) is 3. The molecular formula is C20H30ClN3O2. The second-order valence-corrected chi connectivity index (χ2v) is 7.32. The van der Waals surface area contributed by atoms with Crippen molar-refractivity contribution in [2.24, 2.45) is 11.7 Å². The minimum atomic E-state index is 0. The van der Waals surface area contributed by atoms with Gasteiger partial charge in [-0.05, 0) is 37.7 Å². The maximum absolute atomic E-state index is 12.5. The fourth-order valence-electron chi connectivity index (χ4n) is 3.92. The molecule has 1 aliphatic carbocycles. The number of nitrogens with zero attached hydrogens (tertiary/aromatic N) is 2. The molecule has 2 N–H and O–H groups in total. The zero-order valence-corrected chi connectivity index (χ0v) is 16.1. The van der Waals surface area contributed by atoms with Gasteiger partial charge in [0.05, 0.1) is 0 Å². The molecule has 5 nitrogen and oxygen atoms in total. The Balaban J connectivity index is 0.00000243. The first-order valence-electron chi connectivity index (χ1n) is 9.49. The van der Waals surface area contributed by atoms with Crippen molar-refractivity contribution in [3.8, 4) is 0 Å². The number of aryl methyl sites for hydroxylation is 1. The minimum Gasteiger partial charge on any atom is -0.339 e. The van der Waals surface area contributed by atoms with Gasteiger partial charge < -0.3 is 15.5 Å². The van der Waals surface area contributed by atoms with Crippen molar-refractivity contribution in [3.05, 3.63) is 35.9 Å². The van der Waals surface area contributed by atoms with E-state index in [0.717, 1.165) is 32.1 Å². The van der Waals surface area contributed by atoms with Crippen LogP contribution in [0, 0.1) is 5.92 Å². The first-order valence-corrected chi connectivity index (χ1v) is 9.49. The Labute approximate surface area is 162 Å². The van der Waals surface area contributed by atoms with Crippen molar-refractivity contribution in [1.82, 2.24) is 9.80 Å². The summed E-state index contributed by atoms with van der Waals surface area (Å²) in [5, 5.41) is 0. The van der Waals surface area contributed by atoms with Crippen LogP contribution in [0.5, 0.6) is 0 Å². The molecule has 1 heterocycles. The molecule has 1 aliphatic heterocycles. The van der Waals surface area contributed by atoms with Gasteiger partial charge in [0.2, 0.25) is 11.8 Å². The Morgan fingerprint density at radius 3 is 2.27 bits per heavy atom. The van der Waals surface area contributed by atoms with Crippen LogP contribution in [0.2, 0.25) is 0 Å². The molecule has 26 heavy (non-hydrogen) atoms. The summed E-state index contributed by atoms with van der Waals surface area (Å²) in [5.41, 5.74) is 7.20. The van der Waals surface area contributed by atoms with E-state index in [1.54, 1.807) is 0 Å². The van der Waals surface area contributed by atoms with Crippen molar-refractivity contribution >= 4 is 24.2 Å². The van der Waals surface area contributed by atoms with Crippen LogP contribution in [-0.4, -0.2) is 53.8 Å². The lowest BCUT2D eigenvalue weighted by atomic mass is 10.1. The molecule has 2 atom stereocenters. The van der Waals surface area contributed by atoms with Gasteiger partial charge in [-0.1, -0.05) is 30.3 Å². The summed E-state index contributed by atoms with van der Waals surface area (Å²) >= 11 is 0. The molecule has 1 aromatic rings. The molecule has 1 saturated heterocycles. The molecule has 2 aliphatic rings. The Morgan fingerprint density at radius 2 is 1.65 bits per heavy atom. The van der Waals surface area contributed by atoms with Gasteiger partial charge in [-0.25, -0.2) is 0 Å². The number of halogens is 1. The van der Waals surface area contributed by atoms with Gasteiger partial charge in [0, 0.05) is 44.6 Å². The highest BCUT2D eigenvalue weighted by molar-refractivity contribution is 5.85. The molecule has 0 spiro atoms. The molecule has 1 aromatic carbocycles. The fraction of sp³-hybridized carbons (Fsp3) is 0.600. The van der Waals surface area contributed by atoms with Gasteiger partial charge in [0.15, 0.2) is 0 Å². The summed E-state index contributed by atoms with van der Waals surface area (Å²) in [6.45, 7) is 2.65. The zero-order chi connectivity index (χ0) is 17.6. The highest BCUT2D eigenvalue weighted by Gasteiger charge is 2.32.